The fraction of sp³-hybridized carbons (Fsp3) is 0.579. The Labute approximate surface area is 163 Å². The molecule has 9 heteroatoms. The lowest BCUT2D eigenvalue weighted by Gasteiger charge is -2.32. The Morgan fingerprint density at radius 3 is 2.79 bits per heavy atom. The minimum Gasteiger partial charge on any atom is -0.342 e. The highest BCUT2D eigenvalue weighted by atomic mass is 16.2. The second-order valence-corrected chi connectivity index (χ2v) is 7.57. The normalized spacial score (nSPS) is 22.2. The minimum atomic E-state index is -0.160. The molecule has 28 heavy (non-hydrogen) atoms. The van der Waals surface area contributed by atoms with Crippen molar-refractivity contribution in [1.29, 1.82) is 0 Å². The molecule has 0 saturated carbocycles. The van der Waals surface area contributed by atoms with Gasteiger partial charge in [0.1, 0.15) is 11.5 Å². The van der Waals surface area contributed by atoms with E-state index in [2.05, 4.69) is 15.5 Å². The fourth-order valence-electron chi connectivity index (χ4n) is 3.99. The van der Waals surface area contributed by atoms with Crippen LogP contribution in [0.2, 0.25) is 0 Å². The molecule has 1 atom stereocenters. The van der Waals surface area contributed by atoms with Gasteiger partial charge in [-0.3, -0.25) is 14.4 Å². The van der Waals surface area contributed by atoms with Crippen LogP contribution >= 0.6 is 0 Å². The number of carbonyl (C=O) groups excluding carboxylic acids is 3. The van der Waals surface area contributed by atoms with Gasteiger partial charge < -0.3 is 9.80 Å². The molecule has 3 aliphatic heterocycles. The number of hydrogen-bond acceptors (Lipinski definition) is 6. The molecule has 0 aliphatic carbocycles. The maximum absolute atomic E-state index is 12.6. The molecule has 0 aromatic carbocycles. The number of rotatable bonds is 2. The van der Waals surface area contributed by atoms with E-state index >= 15 is 0 Å². The van der Waals surface area contributed by atoms with E-state index in [0.717, 1.165) is 36.5 Å². The lowest BCUT2D eigenvalue weighted by molar-refractivity contribution is -0.130. The summed E-state index contributed by atoms with van der Waals surface area (Å²) in [5.74, 6) is 0.761. The molecule has 1 saturated heterocycles. The molecule has 4 rings (SSSR count). The Morgan fingerprint density at radius 1 is 1.18 bits per heavy atom. The van der Waals surface area contributed by atoms with Gasteiger partial charge in [-0.1, -0.05) is 0 Å². The number of nitrogens with zero attached hydrogens (tertiary/aromatic N) is 5. The van der Waals surface area contributed by atoms with Crippen LogP contribution in [0.1, 0.15) is 55.6 Å². The number of fused-ring (bicyclic) bond motifs is 1. The largest absolute Gasteiger partial charge is 0.342 e. The van der Waals surface area contributed by atoms with Crippen LogP contribution in [0.3, 0.4) is 0 Å². The summed E-state index contributed by atoms with van der Waals surface area (Å²) in [6.45, 7) is 4.09. The van der Waals surface area contributed by atoms with Crippen molar-refractivity contribution in [2.45, 2.75) is 51.5 Å². The van der Waals surface area contributed by atoms with Crippen molar-refractivity contribution in [1.82, 2.24) is 25.2 Å². The quantitative estimate of drug-likeness (QED) is 0.792. The Morgan fingerprint density at radius 2 is 2.04 bits per heavy atom. The Kier molecular flexibility index (Phi) is 5.06. The average Bonchev–Trinajstić information content (AvgIpc) is 2.73. The van der Waals surface area contributed by atoms with E-state index in [1.165, 1.54) is 0 Å². The molecule has 9 nitrogen and oxygen atoms in total. The first-order valence-electron chi connectivity index (χ1n) is 9.76. The van der Waals surface area contributed by atoms with Gasteiger partial charge in [0.05, 0.1) is 5.69 Å². The van der Waals surface area contributed by atoms with Crippen LogP contribution in [0.4, 0.5) is 0 Å². The van der Waals surface area contributed by atoms with Crippen LogP contribution < -0.4 is 5.43 Å². The van der Waals surface area contributed by atoms with Crippen molar-refractivity contribution in [3.8, 4) is 0 Å². The molecule has 4 heterocycles. The van der Waals surface area contributed by atoms with Crippen LogP contribution in [-0.2, 0) is 27.3 Å². The summed E-state index contributed by atoms with van der Waals surface area (Å²) < 4.78 is 0. The van der Waals surface area contributed by atoms with Gasteiger partial charge in [0, 0.05) is 70.0 Å². The highest BCUT2D eigenvalue weighted by molar-refractivity contribution is 6.39. The number of piperidine rings is 1. The van der Waals surface area contributed by atoms with Gasteiger partial charge in [0.25, 0.3) is 5.91 Å². The Bertz CT molecular complexity index is 852. The van der Waals surface area contributed by atoms with Gasteiger partial charge in [-0.05, 0) is 12.8 Å². The zero-order chi connectivity index (χ0) is 19.7. The third kappa shape index (κ3) is 3.74. The van der Waals surface area contributed by atoms with Gasteiger partial charge in [0.15, 0.2) is 0 Å². The summed E-state index contributed by atoms with van der Waals surface area (Å²) in [5.41, 5.74) is 4.70. The smallest absolute Gasteiger partial charge is 0.270 e. The lowest BCUT2D eigenvalue weighted by Crippen LogP contribution is -2.43. The number of amides is 3. The highest BCUT2D eigenvalue weighted by Crippen LogP contribution is 2.26. The number of hydrazone groups is 1. The van der Waals surface area contributed by atoms with Crippen molar-refractivity contribution in [3.63, 3.8) is 0 Å². The minimum absolute atomic E-state index is 0.0960. The zero-order valence-corrected chi connectivity index (χ0v) is 16.0. The topological polar surface area (TPSA) is 108 Å². The van der Waals surface area contributed by atoms with Gasteiger partial charge in [0.2, 0.25) is 11.8 Å². The molecule has 3 amide bonds. The number of likely N-dealkylation sites (tertiary alicyclic amines) is 1. The van der Waals surface area contributed by atoms with Crippen LogP contribution in [-0.4, -0.2) is 62.8 Å². The van der Waals surface area contributed by atoms with E-state index in [-0.39, 0.29) is 23.6 Å². The maximum Gasteiger partial charge on any atom is 0.270 e. The number of hydrogen-bond donors (Lipinski definition) is 1. The van der Waals surface area contributed by atoms with Crippen molar-refractivity contribution in [3.05, 3.63) is 23.3 Å². The summed E-state index contributed by atoms with van der Waals surface area (Å²) in [4.78, 5) is 48.5. The maximum atomic E-state index is 12.6. The van der Waals surface area contributed by atoms with E-state index in [1.54, 1.807) is 11.8 Å². The van der Waals surface area contributed by atoms with Crippen LogP contribution in [0.15, 0.2) is 11.3 Å². The van der Waals surface area contributed by atoms with Crippen molar-refractivity contribution in [2.75, 3.05) is 19.6 Å². The molecule has 1 fully saturated rings. The third-order valence-electron chi connectivity index (χ3n) is 5.62. The third-order valence-corrected chi connectivity index (χ3v) is 5.62. The molecule has 1 aromatic rings. The first kappa shape index (κ1) is 18.5. The number of carbonyl (C=O) groups is 3. The molecule has 148 valence electrons. The Balaban J connectivity index is 1.45. The van der Waals surface area contributed by atoms with Gasteiger partial charge >= 0.3 is 0 Å². The van der Waals surface area contributed by atoms with Crippen LogP contribution in [0.5, 0.6) is 0 Å². The van der Waals surface area contributed by atoms with Gasteiger partial charge in [-0.25, -0.2) is 15.4 Å². The first-order chi connectivity index (χ1) is 13.5. The predicted octanol–water partition coefficient (Wildman–Crippen LogP) is 0.353. The molecule has 3 aliphatic rings. The van der Waals surface area contributed by atoms with Crippen molar-refractivity contribution >= 4 is 23.4 Å². The van der Waals surface area contributed by atoms with Gasteiger partial charge in [-0.15, -0.1) is 0 Å². The first-order valence-corrected chi connectivity index (χ1v) is 9.76. The number of aromatic nitrogens is 2. The molecule has 1 aromatic heterocycles. The van der Waals surface area contributed by atoms with Crippen molar-refractivity contribution in [2.24, 2.45) is 5.10 Å². The highest BCUT2D eigenvalue weighted by Gasteiger charge is 2.29. The molecule has 1 N–H and O–H groups in total. The molecular weight excluding hydrogens is 360 g/mol. The van der Waals surface area contributed by atoms with Gasteiger partial charge in [-0.2, -0.15) is 5.10 Å². The Hall–Kier alpha value is -2.84. The summed E-state index contributed by atoms with van der Waals surface area (Å²) in [6, 6.07) is 0. The van der Waals surface area contributed by atoms with E-state index < -0.39 is 0 Å². The zero-order valence-electron chi connectivity index (χ0n) is 16.0. The summed E-state index contributed by atoms with van der Waals surface area (Å²) in [5, 5.41) is 3.90. The molecule has 0 spiro atoms. The fourth-order valence-corrected chi connectivity index (χ4v) is 3.99. The molecule has 0 radical (unpaired) electrons. The second kappa shape index (κ2) is 7.65. The standard InChI is InChI=1S/C19H24N6O3/c1-12(26)24-7-2-3-13(10-24)18-20-9-14-11-25(8-6-15(14)21-18)19(28)16-4-5-17(27)23-22-16/h9,13H,2-8,10-11H2,1H3,(H,23,27)/t13-/m1/s1. The van der Waals surface area contributed by atoms with Crippen LogP contribution in [0.25, 0.3) is 0 Å². The monoisotopic (exact) mass is 384 g/mol. The summed E-state index contributed by atoms with van der Waals surface area (Å²) in [6.07, 6.45) is 5.09. The average molecular weight is 384 g/mol. The second-order valence-electron chi connectivity index (χ2n) is 7.57. The molecule has 0 unspecified atom stereocenters. The summed E-state index contributed by atoms with van der Waals surface area (Å²) in [7, 11) is 0. The van der Waals surface area contributed by atoms with E-state index in [1.807, 2.05) is 11.1 Å². The van der Waals surface area contributed by atoms with Crippen molar-refractivity contribution < 1.29 is 14.4 Å². The van der Waals surface area contributed by atoms with E-state index in [0.29, 0.717) is 44.6 Å². The lowest BCUT2D eigenvalue weighted by atomic mass is 9.96. The predicted molar refractivity (Wildman–Crippen MR) is 100 cm³/mol. The number of nitrogens with one attached hydrogen (secondary N) is 1. The SMILES string of the molecule is CC(=O)N1CCC[C@@H](c2ncc3c(n2)CCN(C(=O)C2=NNC(=O)CC2)C3)C1. The van der Waals surface area contributed by atoms with E-state index in [4.69, 9.17) is 4.98 Å². The van der Waals surface area contributed by atoms with Crippen LogP contribution in [0, 0.1) is 0 Å². The molecular formula is C19H24N6O3. The summed E-state index contributed by atoms with van der Waals surface area (Å²) >= 11 is 0. The molecule has 0 bridgehead atoms. The van der Waals surface area contributed by atoms with E-state index in [9.17, 15) is 14.4 Å².